The van der Waals surface area contributed by atoms with Crippen molar-refractivity contribution in [1.82, 2.24) is 0 Å². The summed E-state index contributed by atoms with van der Waals surface area (Å²) in [7, 11) is 1.18. The molecule has 1 aromatic rings. The Morgan fingerprint density at radius 2 is 1.94 bits per heavy atom. The van der Waals surface area contributed by atoms with Gasteiger partial charge in [-0.25, -0.2) is 4.79 Å². The minimum atomic E-state index is -0.801. The summed E-state index contributed by atoms with van der Waals surface area (Å²) in [4.78, 5) is 13.7. The second-order valence-corrected chi connectivity index (χ2v) is 3.60. The molecule has 18 heavy (non-hydrogen) atoms. The summed E-state index contributed by atoms with van der Waals surface area (Å²) in [5.74, 6) is -1.18. The zero-order valence-electron chi connectivity index (χ0n) is 10.3. The number of hydrazone groups is 1. The van der Waals surface area contributed by atoms with Crippen molar-refractivity contribution in [2.45, 2.75) is 13.8 Å². The van der Waals surface area contributed by atoms with E-state index in [9.17, 15) is 4.79 Å². The van der Waals surface area contributed by atoms with Gasteiger partial charge in [0.25, 0.3) is 0 Å². The van der Waals surface area contributed by atoms with Crippen molar-refractivity contribution in [3.05, 3.63) is 39.8 Å². The fraction of sp³-hybridized carbons (Fsp3) is 0.273. The van der Waals surface area contributed by atoms with Gasteiger partial charge in [0, 0.05) is 4.91 Å². The molecule has 0 heterocycles. The number of esters is 1. The van der Waals surface area contributed by atoms with Crippen LogP contribution in [0, 0.1) is 13.8 Å². The average molecular weight is 247 g/mol. The van der Waals surface area contributed by atoms with Gasteiger partial charge in [0.05, 0.1) is 12.8 Å². The van der Waals surface area contributed by atoms with Gasteiger partial charge in [-0.05, 0) is 47.8 Å². The van der Waals surface area contributed by atoms with Crippen molar-refractivity contribution >= 4 is 17.5 Å². The predicted octanol–water partition coefficient (Wildman–Crippen LogP) is 2.51. The molecule has 0 aromatic heterocycles. The van der Waals surface area contributed by atoms with Gasteiger partial charge in [-0.3, -0.25) is 5.43 Å². The summed E-state index contributed by atoms with van der Waals surface area (Å²) in [5, 5.41) is 6.86. The minimum absolute atomic E-state index is 0.376. The third-order valence-electron chi connectivity index (χ3n) is 2.02. The van der Waals surface area contributed by atoms with Gasteiger partial charge in [0.15, 0.2) is 0 Å². The van der Waals surface area contributed by atoms with E-state index in [-0.39, 0.29) is 5.84 Å². The topological polar surface area (TPSA) is 99.5 Å². The number of ether oxygens (including phenoxy) is 1. The molecular formula is C11H13N5O2. The third kappa shape index (κ3) is 3.80. The quantitative estimate of drug-likeness (QED) is 0.165. The smallest absolute Gasteiger partial charge is 0.360 e. The van der Waals surface area contributed by atoms with Crippen LogP contribution in [0.15, 0.2) is 28.4 Å². The van der Waals surface area contributed by atoms with E-state index in [2.05, 4.69) is 25.3 Å². The second kappa shape index (κ2) is 6.27. The fourth-order valence-electron chi connectivity index (χ4n) is 1.40. The normalized spacial score (nSPS) is 10.5. The maximum absolute atomic E-state index is 11.2. The summed E-state index contributed by atoms with van der Waals surface area (Å²) in [6.07, 6.45) is 0. The molecular weight excluding hydrogens is 234 g/mol. The first kappa shape index (κ1) is 13.5. The number of hydrogen-bond acceptors (Lipinski definition) is 4. The van der Waals surface area contributed by atoms with E-state index in [0.717, 1.165) is 11.1 Å². The van der Waals surface area contributed by atoms with Crippen molar-refractivity contribution in [3.8, 4) is 0 Å². The van der Waals surface area contributed by atoms with Crippen molar-refractivity contribution in [3.63, 3.8) is 0 Å². The first-order valence-electron chi connectivity index (χ1n) is 5.12. The highest BCUT2D eigenvalue weighted by atomic mass is 16.5. The summed E-state index contributed by atoms with van der Waals surface area (Å²) >= 11 is 0. The number of methoxy groups -OCH3 is 1. The molecule has 0 aliphatic heterocycles. The van der Waals surface area contributed by atoms with Crippen LogP contribution in [0.25, 0.3) is 10.4 Å². The number of nitrogens with one attached hydrogen (secondary N) is 1. The third-order valence-corrected chi connectivity index (χ3v) is 2.02. The number of benzene rings is 1. The van der Waals surface area contributed by atoms with E-state index in [1.165, 1.54) is 7.11 Å². The van der Waals surface area contributed by atoms with Crippen LogP contribution >= 0.6 is 0 Å². The summed E-state index contributed by atoms with van der Waals surface area (Å²) in [5.41, 5.74) is 13.8. The molecule has 1 N–H and O–H groups in total. The Morgan fingerprint density at radius 3 is 2.44 bits per heavy atom. The Balaban J connectivity index is 2.94. The van der Waals surface area contributed by atoms with Crippen molar-refractivity contribution in [2.24, 2.45) is 10.2 Å². The second-order valence-electron chi connectivity index (χ2n) is 3.60. The molecule has 0 fully saturated rings. The highest BCUT2D eigenvalue weighted by Crippen LogP contribution is 2.13. The number of anilines is 1. The van der Waals surface area contributed by atoms with Crippen molar-refractivity contribution in [2.75, 3.05) is 12.5 Å². The molecule has 0 saturated heterocycles. The number of rotatable bonds is 2. The Bertz CT molecular complexity index is 512. The van der Waals surface area contributed by atoms with Crippen LogP contribution < -0.4 is 5.43 Å². The molecule has 94 valence electrons. The molecule has 0 aliphatic carbocycles. The Kier molecular flexibility index (Phi) is 4.71. The van der Waals surface area contributed by atoms with Crippen LogP contribution in [0.5, 0.6) is 0 Å². The molecule has 0 spiro atoms. The predicted molar refractivity (Wildman–Crippen MR) is 68.1 cm³/mol. The summed E-state index contributed by atoms with van der Waals surface area (Å²) in [6, 6.07) is 5.70. The standard InChI is InChI=1S/C11H13N5O2/c1-7-4-8(2)6-9(5-7)13-14-10(15-16-12)11(17)18-3/h4-6,13H,1-3H3/b14-10-. The van der Waals surface area contributed by atoms with Gasteiger partial charge in [0.1, 0.15) is 0 Å². The zero-order chi connectivity index (χ0) is 13.5. The lowest BCUT2D eigenvalue weighted by atomic mass is 10.1. The van der Waals surface area contributed by atoms with E-state index >= 15 is 0 Å². The lowest BCUT2D eigenvalue weighted by Crippen LogP contribution is -2.14. The van der Waals surface area contributed by atoms with Crippen LogP contribution in [-0.2, 0) is 9.53 Å². The molecule has 7 nitrogen and oxygen atoms in total. The average Bonchev–Trinajstić information content (AvgIpc) is 2.32. The SMILES string of the molecule is COC(=O)/C(N=[N+]=[N-])=N/Nc1cc(C)cc(C)c1. The van der Waals surface area contributed by atoms with Gasteiger partial charge in [0.2, 0.25) is 5.84 Å². The van der Waals surface area contributed by atoms with Crippen LogP contribution in [0.2, 0.25) is 0 Å². The lowest BCUT2D eigenvalue weighted by Gasteiger charge is -2.04. The fourth-order valence-corrected chi connectivity index (χ4v) is 1.40. The highest BCUT2D eigenvalue weighted by Gasteiger charge is 2.09. The molecule has 1 aromatic carbocycles. The molecule has 1 rings (SSSR count). The molecule has 0 saturated carbocycles. The minimum Gasteiger partial charge on any atom is -0.464 e. The van der Waals surface area contributed by atoms with Crippen molar-refractivity contribution < 1.29 is 9.53 Å². The molecule has 7 heteroatoms. The van der Waals surface area contributed by atoms with Gasteiger partial charge < -0.3 is 4.74 Å². The first-order chi connectivity index (χ1) is 8.56. The molecule has 0 amide bonds. The molecule has 0 bridgehead atoms. The van der Waals surface area contributed by atoms with E-state index in [1.54, 1.807) is 0 Å². The van der Waals surface area contributed by atoms with Gasteiger partial charge >= 0.3 is 5.97 Å². The van der Waals surface area contributed by atoms with Crippen LogP contribution in [-0.4, -0.2) is 18.9 Å². The highest BCUT2D eigenvalue weighted by molar-refractivity contribution is 6.35. The van der Waals surface area contributed by atoms with E-state index in [0.29, 0.717) is 5.69 Å². The molecule has 0 radical (unpaired) electrons. The zero-order valence-corrected chi connectivity index (χ0v) is 10.3. The Labute approximate surface area is 104 Å². The summed E-state index contributed by atoms with van der Waals surface area (Å²) in [6.45, 7) is 3.88. The van der Waals surface area contributed by atoms with E-state index < -0.39 is 5.97 Å². The number of azide groups is 1. The van der Waals surface area contributed by atoms with E-state index in [1.807, 2.05) is 32.0 Å². The van der Waals surface area contributed by atoms with Crippen LogP contribution in [0.4, 0.5) is 5.69 Å². The van der Waals surface area contributed by atoms with E-state index in [4.69, 9.17) is 5.53 Å². The summed E-state index contributed by atoms with van der Waals surface area (Å²) < 4.78 is 4.43. The maximum Gasteiger partial charge on any atom is 0.360 e. The van der Waals surface area contributed by atoms with Crippen LogP contribution in [0.1, 0.15) is 11.1 Å². The monoisotopic (exact) mass is 247 g/mol. The number of carbonyl (C=O) groups is 1. The van der Waals surface area contributed by atoms with Gasteiger partial charge in [-0.2, -0.15) is 5.10 Å². The largest absolute Gasteiger partial charge is 0.464 e. The molecule has 0 aliphatic rings. The number of amidine groups is 1. The first-order valence-corrected chi connectivity index (χ1v) is 5.12. The Morgan fingerprint density at radius 1 is 1.33 bits per heavy atom. The lowest BCUT2D eigenvalue weighted by molar-refractivity contribution is -0.132. The van der Waals surface area contributed by atoms with Crippen LogP contribution in [0.3, 0.4) is 0 Å². The Hall–Kier alpha value is -2.53. The number of hydrogen-bond donors (Lipinski definition) is 1. The number of carbonyl (C=O) groups excluding carboxylic acids is 1. The maximum atomic E-state index is 11.2. The molecule has 0 atom stereocenters. The number of aryl methyl sites for hydroxylation is 2. The van der Waals surface area contributed by atoms with Gasteiger partial charge in [-0.15, -0.1) is 0 Å². The van der Waals surface area contributed by atoms with Crippen molar-refractivity contribution in [1.29, 1.82) is 0 Å². The molecule has 0 unspecified atom stereocenters. The number of nitrogens with zero attached hydrogens (tertiary/aromatic N) is 4. The van der Waals surface area contributed by atoms with Gasteiger partial charge in [-0.1, -0.05) is 6.07 Å².